The van der Waals surface area contributed by atoms with Crippen LogP contribution < -0.4 is 25.4 Å². The molecule has 2 aromatic rings. The van der Waals surface area contributed by atoms with Gasteiger partial charge in [0.15, 0.2) is 11.5 Å². The van der Waals surface area contributed by atoms with Gasteiger partial charge in [0, 0.05) is 25.6 Å². The molecule has 0 aromatic heterocycles. The summed E-state index contributed by atoms with van der Waals surface area (Å²) in [5.41, 5.74) is 1.76. The summed E-state index contributed by atoms with van der Waals surface area (Å²) in [6, 6.07) is 14.0. The predicted molar refractivity (Wildman–Crippen MR) is 123 cm³/mol. The summed E-state index contributed by atoms with van der Waals surface area (Å²) in [4.78, 5) is 36.9. The van der Waals surface area contributed by atoms with Gasteiger partial charge in [0.25, 0.3) is 0 Å². The van der Waals surface area contributed by atoms with E-state index in [-0.39, 0.29) is 32.0 Å². The van der Waals surface area contributed by atoms with E-state index >= 15 is 0 Å². The number of hydrogen-bond donors (Lipinski definition) is 3. The van der Waals surface area contributed by atoms with Crippen LogP contribution in [0.5, 0.6) is 11.5 Å². The Morgan fingerprint density at radius 1 is 0.879 bits per heavy atom. The van der Waals surface area contributed by atoms with Crippen molar-refractivity contribution < 1.29 is 28.6 Å². The highest BCUT2D eigenvalue weighted by Crippen LogP contribution is 2.30. The minimum absolute atomic E-state index is 0.0191. The van der Waals surface area contributed by atoms with Gasteiger partial charge in [0.2, 0.25) is 17.7 Å². The molecular formula is C24H31N3O6. The molecule has 1 atom stereocenters. The SMILES string of the molecule is COCC(NC(=O)CNC(=O)CCc1ccccc1)C(=O)NCc1cccc(OC)c1OC. The molecule has 0 aliphatic rings. The van der Waals surface area contributed by atoms with Crippen molar-refractivity contribution in [1.82, 2.24) is 16.0 Å². The lowest BCUT2D eigenvalue weighted by Crippen LogP contribution is -2.51. The summed E-state index contributed by atoms with van der Waals surface area (Å²) in [7, 11) is 4.49. The number of hydrogen-bond acceptors (Lipinski definition) is 6. The molecule has 3 amide bonds. The number of amides is 3. The van der Waals surface area contributed by atoms with E-state index in [1.165, 1.54) is 21.3 Å². The molecule has 3 N–H and O–H groups in total. The Morgan fingerprint density at radius 3 is 2.30 bits per heavy atom. The third-order valence-corrected chi connectivity index (χ3v) is 4.85. The van der Waals surface area contributed by atoms with Gasteiger partial charge >= 0.3 is 0 Å². The molecule has 9 nitrogen and oxygen atoms in total. The van der Waals surface area contributed by atoms with Crippen LogP contribution in [-0.4, -0.2) is 58.2 Å². The summed E-state index contributed by atoms with van der Waals surface area (Å²) in [6.07, 6.45) is 0.846. The van der Waals surface area contributed by atoms with Gasteiger partial charge in [-0.3, -0.25) is 14.4 Å². The maximum atomic E-state index is 12.6. The first-order chi connectivity index (χ1) is 16.0. The maximum absolute atomic E-state index is 12.6. The summed E-state index contributed by atoms with van der Waals surface area (Å²) in [5, 5.41) is 7.92. The van der Waals surface area contributed by atoms with Gasteiger partial charge in [-0.2, -0.15) is 0 Å². The quantitative estimate of drug-likeness (QED) is 0.416. The van der Waals surface area contributed by atoms with Crippen molar-refractivity contribution in [3.63, 3.8) is 0 Å². The van der Waals surface area contributed by atoms with Gasteiger partial charge in [-0.05, 0) is 18.1 Å². The first-order valence-corrected chi connectivity index (χ1v) is 10.5. The Kier molecular flexibility index (Phi) is 10.7. The molecule has 0 heterocycles. The summed E-state index contributed by atoms with van der Waals surface area (Å²) in [6.45, 7) is -0.0783. The lowest BCUT2D eigenvalue weighted by atomic mass is 10.1. The second-order valence-corrected chi connectivity index (χ2v) is 7.21. The normalized spacial score (nSPS) is 11.2. The van der Waals surface area contributed by atoms with E-state index in [2.05, 4.69) is 16.0 Å². The van der Waals surface area contributed by atoms with Crippen LogP contribution in [0.2, 0.25) is 0 Å². The number of carbonyl (C=O) groups excluding carboxylic acids is 3. The number of rotatable bonds is 13. The zero-order valence-electron chi connectivity index (χ0n) is 19.2. The molecule has 2 aromatic carbocycles. The lowest BCUT2D eigenvalue weighted by molar-refractivity contribution is -0.131. The molecule has 178 valence electrons. The molecule has 0 radical (unpaired) electrons. The van der Waals surface area contributed by atoms with Crippen LogP contribution in [0, 0.1) is 0 Å². The van der Waals surface area contributed by atoms with E-state index in [0.717, 1.165) is 11.1 Å². The van der Waals surface area contributed by atoms with Crippen LogP contribution in [0.4, 0.5) is 0 Å². The first kappa shape index (κ1) is 25.7. The molecule has 0 saturated carbocycles. The monoisotopic (exact) mass is 457 g/mol. The van der Waals surface area contributed by atoms with Crippen LogP contribution in [0.1, 0.15) is 17.5 Å². The summed E-state index contributed by atoms with van der Waals surface area (Å²) >= 11 is 0. The molecule has 0 fully saturated rings. The summed E-state index contributed by atoms with van der Waals surface area (Å²) < 4.78 is 15.7. The average molecular weight is 458 g/mol. The Labute approximate surface area is 193 Å². The topological polar surface area (TPSA) is 115 Å². The number of nitrogens with one attached hydrogen (secondary N) is 3. The van der Waals surface area contributed by atoms with Crippen molar-refractivity contribution in [1.29, 1.82) is 0 Å². The Balaban J connectivity index is 1.83. The molecule has 0 bridgehead atoms. The predicted octanol–water partition coefficient (Wildman–Crippen LogP) is 1.20. The largest absolute Gasteiger partial charge is 0.493 e. The van der Waals surface area contributed by atoms with Gasteiger partial charge in [0.05, 0.1) is 27.4 Å². The fourth-order valence-electron chi connectivity index (χ4n) is 3.16. The molecular weight excluding hydrogens is 426 g/mol. The van der Waals surface area contributed by atoms with Crippen molar-refractivity contribution in [3.8, 4) is 11.5 Å². The van der Waals surface area contributed by atoms with E-state index in [9.17, 15) is 14.4 Å². The highest BCUT2D eigenvalue weighted by molar-refractivity contribution is 5.90. The number of benzene rings is 2. The van der Waals surface area contributed by atoms with Gasteiger partial charge < -0.3 is 30.2 Å². The Bertz CT molecular complexity index is 920. The molecule has 1 unspecified atom stereocenters. The van der Waals surface area contributed by atoms with Crippen LogP contribution >= 0.6 is 0 Å². The van der Waals surface area contributed by atoms with Crippen molar-refractivity contribution >= 4 is 17.7 Å². The minimum Gasteiger partial charge on any atom is -0.493 e. The Morgan fingerprint density at radius 2 is 1.64 bits per heavy atom. The van der Waals surface area contributed by atoms with E-state index < -0.39 is 17.9 Å². The minimum atomic E-state index is -0.916. The fraction of sp³-hybridized carbons (Fsp3) is 0.375. The second-order valence-electron chi connectivity index (χ2n) is 7.21. The summed E-state index contributed by atoms with van der Waals surface area (Å²) in [5.74, 6) is -0.0867. The molecule has 33 heavy (non-hydrogen) atoms. The van der Waals surface area contributed by atoms with Crippen LogP contribution in [0.3, 0.4) is 0 Å². The van der Waals surface area contributed by atoms with Crippen LogP contribution in [0.25, 0.3) is 0 Å². The molecule has 2 rings (SSSR count). The van der Waals surface area contributed by atoms with Crippen LogP contribution in [-0.2, 0) is 32.1 Å². The molecule has 0 aliphatic carbocycles. The molecule has 0 aliphatic heterocycles. The maximum Gasteiger partial charge on any atom is 0.245 e. The third kappa shape index (κ3) is 8.46. The average Bonchev–Trinajstić information content (AvgIpc) is 2.84. The number of methoxy groups -OCH3 is 3. The molecule has 9 heteroatoms. The van der Waals surface area contributed by atoms with Gasteiger partial charge in [-0.25, -0.2) is 0 Å². The van der Waals surface area contributed by atoms with Gasteiger partial charge in [-0.1, -0.05) is 42.5 Å². The smallest absolute Gasteiger partial charge is 0.245 e. The van der Waals surface area contributed by atoms with Crippen molar-refractivity contribution in [3.05, 3.63) is 59.7 Å². The fourth-order valence-corrected chi connectivity index (χ4v) is 3.16. The number of aryl methyl sites for hydroxylation is 1. The van der Waals surface area contributed by atoms with E-state index in [1.807, 2.05) is 30.3 Å². The number of para-hydroxylation sites is 1. The highest BCUT2D eigenvalue weighted by Gasteiger charge is 2.21. The number of carbonyl (C=O) groups is 3. The van der Waals surface area contributed by atoms with Crippen molar-refractivity contribution in [2.45, 2.75) is 25.4 Å². The van der Waals surface area contributed by atoms with Crippen LogP contribution in [0.15, 0.2) is 48.5 Å². The van der Waals surface area contributed by atoms with E-state index in [1.54, 1.807) is 18.2 Å². The van der Waals surface area contributed by atoms with Crippen molar-refractivity contribution in [2.24, 2.45) is 0 Å². The third-order valence-electron chi connectivity index (χ3n) is 4.85. The Hall–Kier alpha value is -3.59. The zero-order valence-corrected chi connectivity index (χ0v) is 19.2. The standard InChI is InChI=1S/C24H31N3O6/c1-31-16-19(24(30)26-14-18-10-7-11-20(32-2)23(18)33-3)27-22(29)15-25-21(28)13-12-17-8-5-4-6-9-17/h4-11,19H,12-16H2,1-3H3,(H,25,28)(H,26,30)(H,27,29). The number of ether oxygens (including phenoxy) is 3. The lowest BCUT2D eigenvalue weighted by Gasteiger charge is -2.19. The van der Waals surface area contributed by atoms with E-state index in [0.29, 0.717) is 17.9 Å². The zero-order chi connectivity index (χ0) is 24.1. The second kappa shape index (κ2) is 13.7. The van der Waals surface area contributed by atoms with E-state index in [4.69, 9.17) is 14.2 Å². The van der Waals surface area contributed by atoms with Crippen molar-refractivity contribution in [2.75, 3.05) is 34.5 Å². The van der Waals surface area contributed by atoms with Gasteiger partial charge in [0.1, 0.15) is 6.04 Å². The highest BCUT2D eigenvalue weighted by atomic mass is 16.5. The van der Waals surface area contributed by atoms with Gasteiger partial charge in [-0.15, -0.1) is 0 Å². The first-order valence-electron chi connectivity index (χ1n) is 10.5. The molecule has 0 spiro atoms. The molecule has 0 saturated heterocycles.